The fourth-order valence-corrected chi connectivity index (χ4v) is 5.98. The molecule has 1 saturated heterocycles. The molecule has 1 aliphatic carbocycles. The number of aromatic amines is 1. The quantitative estimate of drug-likeness (QED) is 0.299. The minimum absolute atomic E-state index is 0.123. The second-order valence-corrected chi connectivity index (χ2v) is 10.7. The van der Waals surface area contributed by atoms with E-state index in [-0.39, 0.29) is 17.7 Å². The first-order chi connectivity index (χ1) is 17.9. The maximum absolute atomic E-state index is 13.9. The van der Waals surface area contributed by atoms with Crippen molar-refractivity contribution in [3.63, 3.8) is 0 Å². The fraction of sp³-hybridized carbons (Fsp3) is 0.448. The molecule has 3 aromatic rings. The van der Waals surface area contributed by atoms with Crippen molar-refractivity contribution in [2.75, 3.05) is 26.2 Å². The van der Waals surface area contributed by atoms with Gasteiger partial charge in [0.2, 0.25) is 0 Å². The van der Waals surface area contributed by atoms with Crippen molar-refractivity contribution in [1.29, 1.82) is 0 Å². The van der Waals surface area contributed by atoms with Gasteiger partial charge in [0.15, 0.2) is 0 Å². The first-order valence-corrected chi connectivity index (χ1v) is 13.3. The molecule has 0 radical (unpaired) electrons. The van der Waals surface area contributed by atoms with Crippen LogP contribution >= 0.6 is 0 Å². The molecule has 2 atom stereocenters. The molecule has 3 heterocycles. The molecule has 2 unspecified atom stereocenters. The molecule has 0 spiro atoms. The van der Waals surface area contributed by atoms with Gasteiger partial charge in [-0.1, -0.05) is 12.1 Å². The van der Waals surface area contributed by atoms with Gasteiger partial charge in [-0.25, -0.2) is 4.79 Å². The highest BCUT2D eigenvalue weighted by molar-refractivity contribution is 6.08. The number of nitrogens with zero attached hydrogens (tertiary/aromatic N) is 2. The van der Waals surface area contributed by atoms with E-state index in [4.69, 9.17) is 4.74 Å². The molecule has 3 aliphatic rings. The van der Waals surface area contributed by atoms with E-state index in [1.807, 2.05) is 38.1 Å². The number of aromatic nitrogens is 1. The number of hydrogen-bond acceptors (Lipinski definition) is 5. The van der Waals surface area contributed by atoms with Crippen LogP contribution in [0.3, 0.4) is 0 Å². The molecule has 0 bridgehead atoms. The first kappa shape index (κ1) is 23.9. The number of phenols is 1. The summed E-state index contributed by atoms with van der Waals surface area (Å²) in [5.41, 5.74) is 2.55. The van der Waals surface area contributed by atoms with Crippen LogP contribution in [-0.4, -0.2) is 63.6 Å². The molecule has 3 amide bonds. The molecular formula is C29H34N4O4. The van der Waals surface area contributed by atoms with Crippen LogP contribution in [-0.2, 0) is 11.2 Å². The molecular weight excluding hydrogens is 468 g/mol. The summed E-state index contributed by atoms with van der Waals surface area (Å²) >= 11 is 0. The van der Waals surface area contributed by atoms with Gasteiger partial charge in [-0.3, -0.25) is 14.6 Å². The number of aromatic hydroxyl groups is 1. The maximum Gasteiger partial charge on any atom is 0.328 e. The Labute approximate surface area is 216 Å². The van der Waals surface area contributed by atoms with Gasteiger partial charge < -0.3 is 20.1 Å². The Kier molecular flexibility index (Phi) is 5.87. The number of ether oxygens (including phenoxy) is 1. The lowest BCUT2D eigenvalue weighted by Gasteiger charge is -2.42. The van der Waals surface area contributed by atoms with Crippen LogP contribution in [0.4, 0.5) is 4.79 Å². The molecule has 2 aliphatic heterocycles. The number of amides is 3. The number of phenolic OH excluding ortho intramolecular Hbond substituents is 1. The van der Waals surface area contributed by atoms with Crippen LogP contribution in [0.1, 0.15) is 56.0 Å². The normalized spacial score (nSPS) is 23.0. The summed E-state index contributed by atoms with van der Waals surface area (Å²) in [6.07, 6.45) is 3.71. The van der Waals surface area contributed by atoms with Crippen molar-refractivity contribution in [1.82, 2.24) is 20.1 Å². The number of nitrogens with one attached hydrogen (secondary N) is 2. The first-order valence-electron chi connectivity index (χ1n) is 13.3. The summed E-state index contributed by atoms with van der Waals surface area (Å²) < 4.78 is 5.76. The number of urea groups is 1. The lowest BCUT2D eigenvalue weighted by atomic mass is 9.81. The van der Waals surface area contributed by atoms with Crippen molar-refractivity contribution in [2.24, 2.45) is 5.92 Å². The molecule has 37 heavy (non-hydrogen) atoms. The van der Waals surface area contributed by atoms with Gasteiger partial charge in [0.1, 0.15) is 23.1 Å². The van der Waals surface area contributed by atoms with Crippen LogP contribution in [0.15, 0.2) is 42.5 Å². The summed E-state index contributed by atoms with van der Waals surface area (Å²) in [6.45, 7) is 6.57. The zero-order valence-electron chi connectivity index (χ0n) is 21.4. The van der Waals surface area contributed by atoms with Crippen LogP contribution in [0.25, 0.3) is 10.9 Å². The van der Waals surface area contributed by atoms with Gasteiger partial charge in [0.05, 0.1) is 6.61 Å². The number of imide groups is 1. The topological polar surface area (TPSA) is 97.9 Å². The number of H-pyrrole nitrogens is 1. The van der Waals surface area contributed by atoms with E-state index in [9.17, 15) is 14.7 Å². The van der Waals surface area contributed by atoms with Gasteiger partial charge in [0.25, 0.3) is 5.91 Å². The van der Waals surface area contributed by atoms with Crippen LogP contribution < -0.4 is 10.1 Å². The van der Waals surface area contributed by atoms with Crippen LogP contribution in [0.5, 0.6) is 11.5 Å². The summed E-state index contributed by atoms with van der Waals surface area (Å²) in [7, 11) is 0. The third-order valence-corrected chi connectivity index (χ3v) is 8.00. The van der Waals surface area contributed by atoms with E-state index in [0.717, 1.165) is 58.9 Å². The molecule has 8 nitrogen and oxygen atoms in total. The van der Waals surface area contributed by atoms with Crippen LogP contribution in [0, 0.1) is 5.92 Å². The molecule has 194 valence electrons. The van der Waals surface area contributed by atoms with Crippen molar-refractivity contribution in [3.8, 4) is 11.5 Å². The van der Waals surface area contributed by atoms with Gasteiger partial charge in [0, 0.05) is 29.6 Å². The molecule has 1 aromatic heterocycles. The Balaban J connectivity index is 1.39. The molecule has 1 saturated carbocycles. The Morgan fingerprint density at radius 3 is 2.78 bits per heavy atom. The van der Waals surface area contributed by atoms with E-state index >= 15 is 0 Å². The summed E-state index contributed by atoms with van der Waals surface area (Å²) in [5.74, 6) is 1.52. The van der Waals surface area contributed by atoms with Crippen molar-refractivity contribution >= 4 is 22.8 Å². The SMILES string of the molecule is CCOc1ccc2[nH]c3c(c2c1)CC1(C)C(=O)N(CCCNCC2CC2)C(=O)N1C3c1cccc(O)c1. The predicted octanol–water partition coefficient (Wildman–Crippen LogP) is 4.33. The third-order valence-electron chi connectivity index (χ3n) is 8.00. The minimum Gasteiger partial charge on any atom is -0.508 e. The number of benzene rings is 2. The van der Waals surface area contributed by atoms with Gasteiger partial charge in [-0.2, -0.15) is 0 Å². The predicted molar refractivity (Wildman–Crippen MR) is 141 cm³/mol. The monoisotopic (exact) mass is 502 g/mol. The molecule has 2 aromatic carbocycles. The highest BCUT2D eigenvalue weighted by Crippen LogP contribution is 2.49. The van der Waals surface area contributed by atoms with E-state index in [2.05, 4.69) is 10.3 Å². The standard InChI is InChI=1S/C29H34N4O4/c1-3-37-21-10-11-24-22(15-21)23-16-29(2)27(35)32(13-5-12-30-17-18-8-9-18)28(36)33(29)26(25(23)31-24)19-6-4-7-20(34)14-19/h4,6-7,10-11,14-15,18,26,30-31,34H,3,5,8-9,12-13,16-17H2,1-2H3. The number of rotatable bonds is 9. The molecule has 8 heteroatoms. The molecule has 3 N–H and O–H groups in total. The van der Waals surface area contributed by atoms with Gasteiger partial charge in [-0.15, -0.1) is 0 Å². The Hall–Kier alpha value is -3.52. The Morgan fingerprint density at radius 2 is 2.03 bits per heavy atom. The largest absolute Gasteiger partial charge is 0.508 e. The second-order valence-electron chi connectivity index (χ2n) is 10.7. The smallest absolute Gasteiger partial charge is 0.328 e. The highest BCUT2D eigenvalue weighted by Gasteiger charge is 2.60. The summed E-state index contributed by atoms with van der Waals surface area (Å²) in [6, 6.07) is 12.1. The second kappa shape index (κ2) is 9.10. The zero-order valence-corrected chi connectivity index (χ0v) is 21.4. The van der Waals surface area contributed by atoms with Crippen LogP contribution in [0.2, 0.25) is 0 Å². The van der Waals surface area contributed by atoms with Crippen molar-refractivity contribution in [3.05, 3.63) is 59.3 Å². The van der Waals surface area contributed by atoms with Crippen molar-refractivity contribution in [2.45, 2.75) is 51.1 Å². The molecule has 2 fully saturated rings. The summed E-state index contributed by atoms with van der Waals surface area (Å²) in [4.78, 5) is 34.5. The number of carbonyl (C=O) groups is 2. The maximum atomic E-state index is 13.9. The van der Waals surface area contributed by atoms with E-state index in [0.29, 0.717) is 19.6 Å². The van der Waals surface area contributed by atoms with E-state index < -0.39 is 11.6 Å². The number of carbonyl (C=O) groups excluding carboxylic acids is 2. The Morgan fingerprint density at radius 1 is 1.19 bits per heavy atom. The fourth-order valence-electron chi connectivity index (χ4n) is 5.98. The summed E-state index contributed by atoms with van der Waals surface area (Å²) in [5, 5.41) is 14.7. The van der Waals surface area contributed by atoms with Crippen molar-refractivity contribution < 1.29 is 19.4 Å². The minimum atomic E-state index is -1.03. The number of hydrogen-bond donors (Lipinski definition) is 3. The lowest BCUT2D eigenvalue weighted by molar-refractivity contribution is -0.133. The highest BCUT2D eigenvalue weighted by atomic mass is 16.5. The average molecular weight is 503 g/mol. The van der Waals surface area contributed by atoms with Gasteiger partial charge >= 0.3 is 6.03 Å². The van der Waals surface area contributed by atoms with E-state index in [1.54, 1.807) is 23.1 Å². The zero-order chi connectivity index (χ0) is 25.7. The molecule has 6 rings (SSSR count). The number of fused-ring (bicyclic) bond motifs is 4. The average Bonchev–Trinajstić information content (AvgIpc) is 3.61. The van der Waals surface area contributed by atoms with E-state index in [1.165, 1.54) is 17.7 Å². The van der Waals surface area contributed by atoms with Gasteiger partial charge in [-0.05, 0) is 93.6 Å². The lowest BCUT2D eigenvalue weighted by Crippen LogP contribution is -2.53. The Bertz CT molecular complexity index is 1360. The third kappa shape index (κ3) is 4.03.